The van der Waals surface area contributed by atoms with Gasteiger partial charge in [-0.1, -0.05) is 24.3 Å². The van der Waals surface area contributed by atoms with Crippen LogP contribution in [0.3, 0.4) is 0 Å². The summed E-state index contributed by atoms with van der Waals surface area (Å²) in [4.78, 5) is 7.92. The Hall–Kier alpha value is -3.09. The number of nitrogens with zero attached hydrogens (tertiary/aromatic N) is 4. The first-order valence-corrected chi connectivity index (χ1v) is 10.7. The van der Waals surface area contributed by atoms with E-state index in [9.17, 15) is 21.6 Å². The molecule has 0 aliphatic carbocycles. The van der Waals surface area contributed by atoms with Crippen molar-refractivity contribution in [1.82, 2.24) is 19.7 Å². The molecule has 1 aromatic carbocycles. The topological polar surface area (TPSA) is 104 Å². The second kappa shape index (κ2) is 7.31. The third kappa shape index (κ3) is 3.97. The number of sulfonamides is 1. The largest absolute Gasteiger partial charge is 0.435 e. The average Bonchev–Trinajstić information content (AvgIpc) is 3.37. The van der Waals surface area contributed by atoms with Crippen molar-refractivity contribution in [1.29, 1.82) is 0 Å². The maximum absolute atomic E-state index is 13.3. The van der Waals surface area contributed by atoms with Crippen LogP contribution in [-0.2, 0) is 16.2 Å². The predicted octanol–water partition coefficient (Wildman–Crippen LogP) is 3.72. The highest BCUT2D eigenvalue weighted by Crippen LogP contribution is 2.34. The minimum atomic E-state index is -4.66. The van der Waals surface area contributed by atoms with Crippen molar-refractivity contribution in [3.63, 3.8) is 0 Å². The molecule has 0 bridgehead atoms. The van der Waals surface area contributed by atoms with E-state index in [0.29, 0.717) is 5.56 Å². The lowest BCUT2D eigenvalue weighted by atomic mass is 10.1. The molecule has 0 saturated heterocycles. The van der Waals surface area contributed by atoms with Gasteiger partial charge in [0.25, 0.3) is 10.0 Å². The highest BCUT2D eigenvalue weighted by Gasteiger charge is 2.35. The molecule has 0 spiro atoms. The molecule has 4 rings (SSSR count). The zero-order valence-corrected chi connectivity index (χ0v) is 16.5. The molecule has 0 amide bonds. The first-order valence-electron chi connectivity index (χ1n) is 8.30. The van der Waals surface area contributed by atoms with Crippen LogP contribution in [0, 0.1) is 0 Å². The smallest absolute Gasteiger partial charge is 0.245 e. The van der Waals surface area contributed by atoms with E-state index in [-0.39, 0.29) is 11.4 Å². The van der Waals surface area contributed by atoms with Gasteiger partial charge in [-0.3, -0.25) is 0 Å². The van der Waals surface area contributed by atoms with Gasteiger partial charge >= 0.3 is 6.18 Å². The van der Waals surface area contributed by atoms with Crippen LogP contribution in [-0.4, -0.2) is 28.2 Å². The highest BCUT2D eigenvalue weighted by molar-refractivity contribution is 7.89. The van der Waals surface area contributed by atoms with Crippen molar-refractivity contribution >= 4 is 21.4 Å². The van der Waals surface area contributed by atoms with Gasteiger partial charge in [0.2, 0.25) is 0 Å². The van der Waals surface area contributed by atoms with E-state index >= 15 is 0 Å². The molecule has 7 nitrogen and oxygen atoms in total. The first-order chi connectivity index (χ1) is 14.1. The van der Waals surface area contributed by atoms with Gasteiger partial charge in [-0.15, -0.1) is 11.3 Å². The second-order valence-corrected chi connectivity index (χ2v) is 8.54. The molecular weight excluding hydrogens is 439 g/mol. The van der Waals surface area contributed by atoms with Crippen LogP contribution in [0.25, 0.3) is 27.5 Å². The molecule has 154 valence electrons. The zero-order valence-electron chi connectivity index (χ0n) is 14.9. The summed E-state index contributed by atoms with van der Waals surface area (Å²) in [6.07, 6.45) is -1.90. The number of pyridine rings is 1. The van der Waals surface area contributed by atoms with E-state index in [1.807, 2.05) is 5.38 Å². The summed E-state index contributed by atoms with van der Waals surface area (Å²) < 4.78 is 63.7. The van der Waals surface area contributed by atoms with Gasteiger partial charge in [-0.2, -0.15) is 18.3 Å². The van der Waals surface area contributed by atoms with Crippen LogP contribution in [0.15, 0.2) is 65.3 Å². The fourth-order valence-electron chi connectivity index (χ4n) is 2.74. The Bertz CT molecular complexity index is 1280. The summed E-state index contributed by atoms with van der Waals surface area (Å²) in [6, 6.07) is 10.1. The molecule has 2 N–H and O–H groups in total. The standard InChI is InChI=1S/C18H12F3N5O2S2/c19-18(20,21)15-9-14(11-1-3-12(4-2-11)17-23-7-8-29-17)26(25-15)13-5-6-16(24-10-13)30(22,27)28/h1-10H,(H2,22,27,28). The third-order valence-corrected chi connectivity index (χ3v) is 5.76. The summed E-state index contributed by atoms with van der Waals surface area (Å²) in [6.45, 7) is 0. The summed E-state index contributed by atoms with van der Waals surface area (Å²) in [5, 5.41) is 10.9. The fourth-order valence-corrected chi connectivity index (χ4v) is 3.84. The maximum Gasteiger partial charge on any atom is 0.435 e. The van der Waals surface area contributed by atoms with Gasteiger partial charge in [-0.05, 0) is 18.2 Å². The Morgan fingerprint density at radius 1 is 1.00 bits per heavy atom. The number of nitrogens with two attached hydrogens (primary N) is 1. The molecule has 0 aliphatic heterocycles. The minimum absolute atomic E-state index is 0.150. The molecule has 0 aliphatic rings. The number of alkyl halides is 3. The van der Waals surface area contributed by atoms with E-state index in [1.165, 1.54) is 17.4 Å². The number of halogens is 3. The van der Waals surface area contributed by atoms with Crippen molar-refractivity contribution < 1.29 is 21.6 Å². The van der Waals surface area contributed by atoms with E-state index in [2.05, 4.69) is 15.1 Å². The van der Waals surface area contributed by atoms with E-state index in [0.717, 1.165) is 33.6 Å². The Morgan fingerprint density at radius 2 is 1.70 bits per heavy atom. The number of hydrogen-bond donors (Lipinski definition) is 1. The van der Waals surface area contributed by atoms with Gasteiger partial charge in [0, 0.05) is 22.7 Å². The molecule has 12 heteroatoms. The Morgan fingerprint density at radius 3 is 2.23 bits per heavy atom. The van der Waals surface area contributed by atoms with E-state index in [4.69, 9.17) is 5.14 Å². The van der Waals surface area contributed by atoms with E-state index < -0.39 is 26.9 Å². The summed E-state index contributed by atoms with van der Waals surface area (Å²) in [5.41, 5.74) is 0.538. The second-order valence-electron chi connectivity index (χ2n) is 6.14. The Kier molecular flexibility index (Phi) is 4.92. The molecule has 4 aromatic rings. The normalized spacial score (nSPS) is 12.3. The predicted molar refractivity (Wildman–Crippen MR) is 104 cm³/mol. The number of thiazole rings is 1. The Labute approximate surface area is 172 Å². The van der Waals surface area contributed by atoms with Crippen molar-refractivity contribution in [2.24, 2.45) is 5.14 Å². The quantitative estimate of drug-likeness (QED) is 0.509. The van der Waals surface area contributed by atoms with Gasteiger partial charge in [0.15, 0.2) is 10.7 Å². The average molecular weight is 451 g/mol. The highest BCUT2D eigenvalue weighted by atomic mass is 32.2. The number of rotatable bonds is 4. The molecule has 3 heterocycles. The molecule has 0 saturated carbocycles. The monoisotopic (exact) mass is 451 g/mol. The van der Waals surface area contributed by atoms with Crippen LogP contribution in [0.1, 0.15) is 5.69 Å². The minimum Gasteiger partial charge on any atom is -0.245 e. The fraction of sp³-hybridized carbons (Fsp3) is 0.0556. The maximum atomic E-state index is 13.3. The lowest BCUT2D eigenvalue weighted by molar-refractivity contribution is -0.141. The third-order valence-electron chi connectivity index (χ3n) is 4.12. The van der Waals surface area contributed by atoms with Gasteiger partial charge in [-0.25, -0.2) is 28.2 Å². The summed E-state index contributed by atoms with van der Waals surface area (Å²) >= 11 is 1.44. The van der Waals surface area contributed by atoms with Gasteiger partial charge in [0.05, 0.1) is 17.6 Å². The van der Waals surface area contributed by atoms with Gasteiger partial charge in [0.1, 0.15) is 5.01 Å². The van der Waals surface area contributed by atoms with Crippen LogP contribution in [0.4, 0.5) is 13.2 Å². The Balaban J connectivity index is 1.80. The number of aromatic nitrogens is 4. The summed E-state index contributed by atoms with van der Waals surface area (Å²) in [5.74, 6) is 0. The molecular formula is C18H12F3N5O2S2. The lowest BCUT2D eigenvalue weighted by Gasteiger charge is -2.08. The molecule has 0 atom stereocenters. The number of primary sulfonamides is 1. The van der Waals surface area contributed by atoms with Crippen molar-refractivity contribution in [3.05, 3.63) is 65.9 Å². The van der Waals surface area contributed by atoms with Crippen molar-refractivity contribution in [3.8, 4) is 27.5 Å². The van der Waals surface area contributed by atoms with Crippen LogP contribution in [0.5, 0.6) is 0 Å². The van der Waals surface area contributed by atoms with Crippen LogP contribution < -0.4 is 5.14 Å². The lowest BCUT2D eigenvalue weighted by Crippen LogP contribution is -2.14. The molecule has 30 heavy (non-hydrogen) atoms. The van der Waals surface area contributed by atoms with Crippen molar-refractivity contribution in [2.45, 2.75) is 11.2 Å². The molecule has 3 aromatic heterocycles. The van der Waals surface area contributed by atoms with E-state index in [1.54, 1.807) is 30.5 Å². The number of benzene rings is 1. The molecule has 0 radical (unpaired) electrons. The SMILES string of the molecule is NS(=O)(=O)c1ccc(-n2nc(C(F)(F)F)cc2-c2ccc(-c3nccs3)cc2)cn1. The van der Waals surface area contributed by atoms with Crippen LogP contribution in [0.2, 0.25) is 0 Å². The van der Waals surface area contributed by atoms with Crippen molar-refractivity contribution in [2.75, 3.05) is 0 Å². The zero-order chi connectivity index (χ0) is 21.5. The first kappa shape index (κ1) is 20.2. The summed E-state index contributed by atoms with van der Waals surface area (Å²) in [7, 11) is -4.03. The number of hydrogen-bond acceptors (Lipinski definition) is 6. The van der Waals surface area contributed by atoms with Crippen LogP contribution >= 0.6 is 11.3 Å². The molecule has 0 fully saturated rings. The molecule has 0 unspecified atom stereocenters. The van der Waals surface area contributed by atoms with Gasteiger partial charge < -0.3 is 0 Å².